The number of hydrogen-bond acceptors (Lipinski definition) is 0. The summed E-state index contributed by atoms with van der Waals surface area (Å²) in [7, 11) is 0. The average molecular weight is 578 g/mol. The maximum absolute atomic E-state index is 2.79. The summed E-state index contributed by atoms with van der Waals surface area (Å²) in [4.78, 5) is 0. The van der Waals surface area contributed by atoms with Crippen LogP contribution >= 0.6 is 34.0 Å². The summed E-state index contributed by atoms with van der Waals surface area (Å²) < 4.78 is 5.62. The first kappa shape index (κ1) is 24.5. The molecule has 0 spiro atoms. The Kier molecular flexibility index (Phi) is 8.39. The van der Waals surface area contributed by atoms with Crippen molar-refractivity contribution in [2.24, 2.45) is 5.41 Å². The normalized spacial score (nSPS) is 21.2. The van der Waals surface area contributed by atoms with Crippen LogP contribution < -0.4 is 0 Å². The molecule has 0 aliphatic heterocycles. The minimum atomic E-state index is -2.79. The van der Waals surface area contributed by atoms with Crippen molar-refractivity contribution in [3.05, 3.63) is 63.0 Å². The molecule has 0 aromatic heterocycles. The van der Waals surface area contributed by atoms with Crippen LogP contribution in [0.1, 0.15) is 47.5 Å². The van der Waals surface area contributed by atoms with Gasteiger partial charge in [-0.25, -0.2) is 0 Å². The van der Waals surface area contributed by atoms with E-state index >= 15 is 0 Å². The Labute approximate surface area is 186 Å². The molecule has 0 nitrogen and oxygen atoms in total. The van der Waals surface area contributed by atoms with Gasteiger partial charge in [0.15, 0.2) is 0 Å². The van der Waals surface area contributed by atoms with Crippen molar-refractivity contribution >= 4 is 39.9 Å². The first-order valence-electron chi connectivity index (χ1n) is 9.38. The van der Waals surface area contributed by atoms with Gasteiger partial charge in [0.1, 0.15) is 0 Å². The summed E-state index contributed by atoms with van der Waals surface area (Å²) in [6.07, 6.45) is 16.9. The summed E-state index contributed by atoms with van der Waals surface area (Å²) in [6, 6.07) is 0. The number of allylic oxidation sites excluding steroid dienone is 12. The van der Waals surface area contributed by atoms with Crippen LogP contribution in [0.5, 0.6) is 0 Å². The van der Waals surface area contributed by atoms with Crippen LogP contribution in [-0.2, 0) is 19.4 Å². The molecule has 26 heavy (non-hydrogen) atoms. The molecule has 3 aliphatic carbocycles. The molecule has 0 radical (unpaired) electrons. The van der Waals surface area contributed by atoms with Crippen molar-refractivity contribution in [1.82, 2.24) is 0 Å². The molecule has 0 saturated heterocycles. The molecule has 3 rings (SSSR count). The predicted octanol–water partition coefficient (Wildman–Crippen LogP) is 7.62. The Hall–Kier alpha value is 0.500. The van der Waals surface area contributed by atoms with Crippen LogP contribution in [-0.4, -0.2) is 5.92 Å². The third-order valence-electron chi connectivity index (χ3n) is 6.88. The number of halogens is 2. The van der Waals surface area contributed by atoms with Gasteiger partial charge in [-0.15, -0.1) is 34.0 Å². The van der Waals surface area contributed by atoms with E-state index in [0.717, 1.165) is 0 Å². The monoisotopic (exact) mass is 574 g/mol. The van der Waals surface area contributed by atoms with Gasteiger partial charge in [-0.05, 0) is 0 Å². The SMILES string of the molecule is Br.Br.CC1=C(C)C(C)(C)[C]([Zr]([C]2=CC=CC2)([C]2=CC=CC2)[SiH](C)C)=C1C. The first-order chi connectivity index (χ1) is 11.3. The van der Waals surface area contributed by atoms with E-state index in [0.29, 0.717) is 0 Å². The Bertz CT molecular complexity index is 731. The van der Waals surface area contributed by atoms with E-state index in [1.807, 2.05) is 9.84 Å². The molecule has 0 fully saturated rings. The van der Waals surface area contributed by atoms with Crippen molar-refractivity contribution in [2.45, 2.75) is 60.6 Å². The second kappa shape index (κ2) is 8.89. The van der Waals surface area contributed by atoms with Gasteiger partial charge in [0.25, 0.3) is 0 Å². The van der Waals surface area contributed by atoms with Gasteiger partial charge >= 0.3 is 154 Å². The summed E-state index contributed by atoms with van der Waals surface area (Å²) >= 11 is -2.79. The zero-order valence-electron chi connectivity index (χ0n) is 17.3. The molecule has 0 amide bonds. The van der Waals surface area contributed by atoms with Gasteiger partial charge in [0, 0.05) is 0 Å². The van der Waals surface area contributed by atoms with E-state index in [2.05, 4.69) is 84.2 Å². The number of hydrogen-bond donors (Lipinski definition) is 0. The molecular weight excluding hydrogens is 543 g/mol. The Balaban J connectivity index is 0.00000169. The van der Waals surface area contributed by atoms with Crippen molar-refractivity contribution < 1.29 is 19.4 Å². The summed E-state index contributed by atoms with van der Waals surface area (Å²) in [5, 5.41) is 0. The fraction of sp³-hybridized carbons (Fsp3) is 0.455. The second-order valence-corrected chi connectivity index (χ2v) is 32.8. The minimum absolute atomic E-state index is 0. The summed E-state index contributed by atoms with van der Waals surface area (Å²) in [6.45, 7) is 17.5. The first-order valence-corrected chi connectivity index (χ1v) is 20.2. The van der Waals surface area contributed by atoms with Gasteiger partial charge in [-0.1, -0.05) is 0 Å². The Morgan fingerprint density at radius 3 is 1.58 bits per heavy atom. The third kappa shape index (κ3) is 3.46. The van der Waals surface area contributed by atoms with Gasteiger partial charge in [0.05, 0.1) is 0 Å². The standard InChI is InChI=1S/C10H15.2C5H5.C2H7Si.2BrH.Zr/c1-7-6-10(4,5)9(3)8(7)2;2*1-2-4-5-3-1;1-3-2;;;/h1-5H3;2*1-3H,4H2;3H,1-2H3;2*1H;. The van der Waals surface area contributed by atoms with Crippen LogP contribution in [0.25, 0.3) is 0 Å². The van der Waals surface area contributed by atoms with Crippen molar-refractivity contribution in [3.63, 3.8) is 0 Å². The van der Waals surface area contributed by atoms with Gasteiger partial charge < -0.3 is 0 Å². The van der Waals surface area contributed by atoms with Gasteiger partial charge in [-0.2, -0.15) is 0 Å². The van der Waals surface area contributed by atoms with Gasteiger partial charge in [0.2, 0.25) is 0 Å². The molecule has 0 heterocycles. The fourth-order valence-corrected chi connectivity index (χ4v) is 39.9. The number of rotatable bonds is 4. The van der Waals surface area contributed by atoms with Crippen LogP contribution in [0.2, 0.25) is 13.1 Å². The molecule has 0 aromatic rings. The Morgan fingerprint density at radius 1 is 0.846 bits per heavy atom. The summed E-state index contributed by atoms with van der Waals surface area (Å²) in [5.41, 5.74) is 5.08. The van der Waals surface area contributed by atoms with E-state index in [9.17, 15) is 0 Å². The average Bonchev–Trinajstić information content (AvgIpc) is 3.24. The fourth-order valence-electron chi connectivity index (χ4n) is 5.42. The van der Waals surface area contributed by atoms with Crippen molar-refractivity contribution in [3.8, 4) is 0 Å². The molecule has 0 aromatic carbocycles. The molecule has 0 saturated carbocycles. The summed E-state index contributed by atoms with van der Waals surface area (Å²) in [5.74, 6) is -0.847. The van der Waals surface area contributed by atoms with Crippen LogP contribution in [0.4, 0.5) is 0 Å². The molecule has 0 atom stereocenters. The van der Waals surface area contributed by atoms with E-state index < -0.39 is 25.4 Å². The van der Waals surface area contributed by atoms with Crippen LogP contribution in [0, 0.1) is 5.41 Å². The maximum atomic E-state index is 2.65. The zero-order chi connectivity index (χ0) is 17.7. The van der Waals surface area contributed by atoms with Crippen LogP contribution in [0.3, 0.4) is 0 Å². The van der Waals surface area contributed by atoms with E-state index in [1.165, 1.54) is 12.8 Å². The van der Waals surface area contributed by atoms with Crippen molar-refractivity contribution in [1.29, 1.82) is 0 Å². The van der Waals surface area contributed by atoms with Gasteiger partial charge in [-0.3, -0.25) is 0 Å². The van der Waals surface area contributed by atoms with E-state index in [-0.39, 0.29) is 39.4 Å². The van der Waals surface area contributed by atoms with Crippen LogP contribution in [0.15, 0.2) is 63.0 Å². The third-order valence-corrected chi connectivity index (χ3v) is 38.7. The molecule has 0 N–H and O–H groups in total. The zero-order valence-corrected chi connectivity index (χ0v) is 24.3. The van der Waals surface area contributed by atoms with E-state index in [4.69, 9.17) is 0 Å². The molecule has 3 aliphatic rings. The topological polar surface area (TPSA) is 0 Å². The van der Waals surface area contributed by atoms with Crippen molar-refractivity contribution in [2.75, 3.05) is 0 Å². The second-order valence-electron chi connectivity index (χ2n) is 8.49. The molecule has 144 valence electrons. The molecule has 0 bridgehead atoms. The molecular formula is C22H34Br2SiZr. The van der Waals surface area contributed by atoms with E-state index in [1.54, 1.807) is 16.7 Å². The quantitative estimate of drug-likeness (QED) is 0.302. The molecule has 4 heteroatoms. The predicted molar refractivity (Wildman–Crippen MR) is 128 cm³/mol. The Morgan fingerprint density at radius 2 is 1.31 bits per heavy atom. The molecule has 0 unspecified atom stereocenters.